The fourth-order valence-corrected chi connectivity index (χ4v) is 3.52. The second kappa shape index (κ2) is 5.11. The van der Waals surface area contributed by atoms with Gasteiger partial charge in [-0.3, -0.25) is 0 Å². The normalized spacial score (nSPS) is 26.9. The molecule has 2 fully saturated rings. The van der Waals surface area contributed by atoms with Crippen LogP contribution in [0.2, 0.25) is 0 Å². The lowest BCUT2D eigenvalue weighted by Gasteiger charge is -2.43. The van der Waals surface area contributed by atoms with Crippen molar-refractivity contribution in [2.24, 2.45) is 5.73 Å². The van der Waals surface area contributed by atoms with Crippen LogP contribution in [0.5, 0.6) is 0 Å². The third kappa shape index (κ3) is 2.74. The zero-order valence-corrected chi connectivity index (χ0v) is 12.6. The molecule has 1 aromatic heterocycles. The maximum atomic E-state index is 6.15. The van der Waals surface area contributed by atoms with E-state index in [-0.39, 0.29) is 5.60 Å². The van der Waals surface area contributed by atoms with Crippen LogP contribution in [0.1, 0.15) is 70.5 Å². The molecule has 1 aliphatic carbocycles. The highest BCUT2D eigenvalue weighted by Gasteiger charge is 2.39. The Morgan fingerprint density at radius 3 is 2.75 bits per heavy atom. The first kappa shape index (κ1) is 14.0. The van der Waals surface area contributed by atoms with Crippen LogP contribution < -0.4 is 5.73 Å². The van der Waals surface area contributed by atoms with Gasteiger partial charge in [0, 0.05) is 6.61 Å². The predicted molar refractivity (Wildman–Crippen MR) is 77.3 cm³/mol. The molecule has 5 nitrogen and oxygen atoms in total. The number of ether oxygens (including phenoxy) is 1. The Bertz CT molecular complexity index is 451. The van der Waals surface area contributed by atoms with Gasteiger partial charge in [-0.25, -0.2) is 4.68 Å². The smallest absolute Gasteiger partial charge is 0.102 e. The van der Waals surface area contributed by atoms with Crippen LogP contribution in [0.25, 0.3) is 0 Å². The molecule has 1 saturated carbocycles. The summed E-state index contributed by atoms with van der Waals surface area (Å²) in [4.78, 5) is 0. The molecular weight excluding hydrogens is 252 g/mol. The average Bonchev–Trinajstić information content (AvgIpc) is 2.89. The molecule has 1 aromatic rings. The van der Waals surface area contributed by atoms with Crippen molar-refractivity contribution in [2.45, 2.75) is 76.0 Å². The predicted octanol–water partition coefficient (Wildman–Crippen LogP) is 2.53. The van der Waals surface area contributed by atoms with Gasteiger partial charge in [-0.05, 0) is 39.5 Å². The maximum Gasteiger partial charge on any atom is 0.102 e. The topological polar surface area (TPSA) is 66.0 Å². The van der Waals surface area contributed by atoms with Gasteiger partial charge in [0.05, 0.1) is 23.4 Å². The van der Waals surface area contributed by atoms with Crippen molar-refractivity contribution in [1.29, 1.82) is 0 Å². The number of rotatable bonds is 2. The standard InChI is InChI=1S/C15H26N4O/c1-14(2,16)13-11-19(18-17-13)12-6-9-20-15(10-12)7-4-3-5-8-15/h11-12H,3-10,16H2,1-2H3. The minimum Gasteiger partial charge on any atom is -0.375 e. The van der Waals surface area contributed by atoms with Gasteiger partial charge in [-0.2, -0.15) is 0 Å². The lowest BCUT2D eigenvalue weighted by Crippen LogP contribution is -2.42. The Morgan fingerprint density at radius 2 is 2.10 bits per heavy atom. The number of hydrogen-bond donors (Lipinski definition) is 1. The van der Waals surface area contributed by atoms with Crippen LogP contribution in [0.4, 0.5) is 0 Å². The van der Waals surface area contributed by atoms with E-state index < -0.39 is 5.54 Å². The van der Waals surface area contributed by atoms with E-state index in [4.69, 9.17) is 10.5 Å². The van der Waals surface area contributed by atoms with Gasteiger partial charge in [0.1, 0.15) is 5.69 Å². The summed E-state index contributed by atoms with van der Waals surface area (Å²) in [5.41, 5.74) is 6.64. The number of aromatic nitrogens is 3. The monoisotopic (exact) mass is 278 g/mol. The van der Waals surface area contributed by atoms with Gasteiger partial charge in [0.2, 0.25) is 0 Å². The van der Waals surface area contributed by atoms with Crippen LogP contribution in [0, 0.1) is 0 Å². The maximum absolute atomic E-state index is 6.15. The molecule has 1 saturated heterocycles. The van der Waals surface area contributed by atoms with Crippen molar-refractivity contribution < 1.29 is 4.74 Å². The molecule has 20 heavy (non-hydrogen) atoms. The minimum absolute atomic E-state index is 0.103. The molecule has 1 atom stereocenters. The third-order valence-electron chi connectivity index (χ3n) is 4.78. The molecular formula is C15H26N4O. The second-order valence-corrected chi connectivity index (χ2v) is 7.04. The molecule has 0 aromatic carbocycles. The molecule has 3 rings (SSSR count). The fraction of sp³-hybridized carbons (Fsp3) is 0.867. The quantitative estimate of drug-likeness (QED) is 0.902. The minimum atomic E-state index is -0.425. The Hall–Kier alpha value is -0.940. The van der Waals surface area contributed by atoms with E-state index in [0.717, 1.165) is 25.1 Å². The van der Waals surface area contributed by atoms with Gasteiger partial charge < -0.3 is 10.5 Å². The summed E-state index contributed by atoms with van der Waals surface area (Å²) in [6, 6.07) is 0.408. The second-order valence-electron chi connectivity index (χ2n) is 7.04. The van der Waals surface area contributed by atoms with Crippen molar-refractivity contribution >= 4 is 0 Å². The zero-order chi connectivity index (χ0) is 14.2. The molecule has 0 radical (unpaired) electrons. The molecule has 5 heteroatoms. The van der Waals surface area contributed by atoms with Crippen LogP contribution in [-0.2, 0) is 10.3 Å². The molecule has 112 valence electrons. The molecule has 1 spiro atoms. The van der Waals surface area contributed by atoms with Crippen LogP contribution >= 0.6 is 0 Å². The molecule has 1 aliphatic heterocycles. The molecule has 2 aliphatic rings. The van der Waals surface area contributed by atoms with E-state index in [1.165, 1.54) is 32.1 Å². The van der Waals surface area contributed by atoms with E-state index in [9.17, 15) is 0 Å². The van der Waals surface area contributed by atoms with E-state index in [0.29, 0.717) is 6.04 Å². The summed E-state index contributed by atoms with van der Waals surface area (Å²) in [5, 5.41) is 8.56. The van der Waals surface area contributed by atoms with Crippen LogP contribution in [-0.4, -0.2) is 27.2 Å². The first-order valence-corrected chi connectivity index (χ1v) is 7.84. The largest absolute Gasteiger partial charge is 0.375 e. The summed E-state index contributed by atoms with van der Waals surface area (Å²) in [6.45, 7) is 4.77. The van der Waals surface area contributed by atoms with Crippen LogP contribution in [0.15, 0.2) is 6.20 Å². The molecule has 0 amide bonds. The summed E-state index contributed by atoms with van der Waals surface area (Å²) in [7, 11) is 0. The van der Waals surface area contributed by atoms with Crippen molar-refractivity contribution in [3.63, 3.8) is 0 Å². The Morgan fingerprint density at radius 1 is 1.35 bits per heavy atom. The van der Waals surface area contributed by atoms with E-state index in [1.807, 2.05) is 24.7 Å². The van der Waals surface area contributed by atoms with Crippen molar-refractivity contribution in [1.82, 2.24) is 15.0 Å². The highest BCUT2D eigenvalue weighted by molar-refractivity contribution is 5.06. The van der Waals surface area contributed by atoms with E-state index in [2.05, 4.69) is 10.3 Å². The molecule has 2 N–H and O–H groups in total. The van der Waals surface area contributed by atoms with Gasteiger partial charge in [0.25, 0.3) is 0 Å². The summed E-state index contributed by atoms with van der Waals surface area (Å²) >= 11 is 0. The SMILES string of the molecule is CC(C)(N)c1cn(C2CCOC3(CCCCC3)C2)nn1. The van der Waals surface area contributed by atoms with E-state index >= 15 is 0 Å². The highest BCUT2D eigenvalue weighted by Crippen LogP contribution is 2.42. The van der Waals surface area contributed by atoms with Gasteiger partial charge in [-0.1, -0.05) is 24.5 Å². The van der Waals surface area contributed by atoms with Crippen molar-refractivity contribution in [2.75, 3.05) is 6.61 Å². The summed E-state index contributed by atoms with van der Waals surface area (Å²) < 4.78 is 8.16. The number of nitrogens with zero attached hydrogens (tertiary/aromatic N) is 3. The fourth-order valence-electron chi connectivity index (χ4n) is 3.52. The van der Waals surface area contributed by atoms with Crippen LogP contribution in [0.3, 0.4) is 0 Å². The Kier molecular flexibility index (Phi) is 3.58. The first-order chi connectivity index (χ1) is 9.49. The lowest BCUT2D eigenvalue weighted by molar-refractivity contribution is -0.115. The van der Waals surface area contributed by atoms with Gasteiger partial charge in [-0.15, -0.1) is 5.10 Å². The lowest BCUT2D eigenvalue weighted by atomic mass is 9.78. The van der Waals surface area contributed by atoms with Gasteiger partial charge in [0.15, 0.2) is 0 Å². The third-order valence-corrected chi connectivity index (χ3v) is 4.78. The van der Waals surface area contributed by atoms with Gasteiger partial charge >= 0.3 is 0 Å². The van der Waals surface area contributed by atoms with E-state index in [1.54, 1.807) is 0 Å². The highest BCUT2D eigenvalue weighted by atomic mass is 16.5. The van der Waals surface area contributed by atoms with Crippen molar-refractivity contribution in [3.05, 3.63) is 11.9 Å². The zero-order valence-electron chi connectivity index (χ0n) is 12.6. The number of hydrogen-bond acceptors (Lipinski definition) is 4. The first-order valence-electron chi connectivity index (χ1n) is 7.84. The molecule has 1 unspecified atom stereocenters. The molecule has 2 heterocycles. The summed E-state index contributed by atoms with van der Waals surface area (Å²) in [5.74, 6) is 0. The summed E-state index contributed by atoms with van der Waals surface area (Å²) in [6.07, 6.45) is 10.5. The molecule has 0 bridgehead atoms. The Balaban J connectivity index is 1.75. The Labute approximate surface area is 120 Å². The van der Waals surface area contributed by atoms with Crippen molar-refractivity contribution in [3.8, 4) is 0 Å². The average molecular weight is 278 g/mol. The number of nitrogens with two attached hydrogens (primary N) is 1.